The maximum absolute atomic E-state index is 14.1. The van der Waals surface area contributed by atoms with Crippen LogP contribution in [0.25, 0.3) is 0 Å². The van der Waals surface area contributed by atoms with Crippen molar-refractivity contribution >= 4 is 5.91 Å². The van der Waals surface area contributed by atoms with Gasteiger partial charge in [-0.3, -0.25) is 9.69 Å². The van der Waals surface area contributed by atoms with Crippen LogP contribution in [0.5, 0.6) is 11.5 Å². The highest BCUT2D eigenvalue weighted by Crippen LogP contribution is 2.32. The first kappa shape index (κ1) is 24.2. The Balaban J connectivity index is 1.20. The van der Waals surface area contributed by atoms with Crippen LogP contribution in [0, 0.1) is 11.6 Å². The van der Waals surface area contributed by atoms with Crippen LogP contribution in [0.4, 0.5) is 8.78 Å². The van der Waals surface area contributed by atoms with Gasteiger partial charge in [0.15, 0.2) is 11.5 Å². The standard InChI is InChI=1S/C28H29F2N3O3/c29-22-8-7-21(24(30)13-22)15-32-23-14-25(33(17-23)16-20-4-2-1-3-5-20)28(34)31-11-10-19-6-9-26-27(12-19)36-18-35-26/h1-9,12-13,23,25,32H,10-11,14-18H2,(H,31,34)/t23-,25-/m0/s1. The van der Waals surface area contributed by atoms with Crippen LogP contribution in [0.2, 0.25) is 0 Å². The molecule has 2 heterocycles. The number of halogens is 2. The summed E-state index contributed by atoms with van der Waals surface area (Å²) >= 11 is 0. The van der Waals surface area contributed by atoms with Gasteiger partial charge in [-0.1, -0.05) is 42.5 Å². The van der Waals surface area contributed by atoms with Crippen molar-refractivity contribution in [3.63, 3.8) is 0 Å². The first-order valence-electron chi connectivity index (χ1n) is 12.2. The number of rotatable bonds is 9. The number of nitrogens with one attached hydrogen (secondary N) is 2. The topological polar surface area (TPSA) is 62.8 Å². The van der Waals surface area contributed by atoms with Gasteiger partial charge in [0, 0.05) is 43.9 Å². The van der Waals surface area contributed by atoms with E-state index in [4.69, 9.17) is 9.47 Å². The number of carbonyl (C=O) groups is 1. The summed E-state index contributed by atoms with van der Waals surface area (Å²) in [5.41, 5.74) is 2.59. The molecule has 0 aliphatic carbocycles. The third kappa shape index (κ3) is 5.83. The molecular weight excluding hydrogens is 464 g/mol. The number of benzene rings is 3. The number of fused-ring (bicyclic) bond motifs is 1. The number of ether oxygens (including phenoxy) is 2. The summed E-state index contributed by atoms with van der Waals surface area (Å²) in [5, 5.41) is 6.44. The summed E-state index contributed by atoms with van der Waals surface area (Å²) in [6.07, 6.45) is 1.28. The van der Waals surface area contributed by atoms with E-state index < -0.39 is 11.6 Å². The largest absolute Gasteiger partial charge is 0.454 e. The Morgan fingerprint density at radius 3 is 2.64 bits per heavy atom. The highest BCUT2D eigenvalue weighted by Gasteiger charge is 2.36. The number of amides is 1. The molecule has 2 aliphatic heterocycles. The second kappa shape index (κ2) is 11.1. The minimum Gasteiger partial charge on any atom is -0.454 e. The molecule has 1 saturated heterocycles. The molecule has 0 spiro atoms. The molecule has 0 saturated carbocycles. The zero-order valence-electron chi connectivity index (χ0n) is 19.9. The Morgan fingerprint density at radius 1 is 0.972 bits per heavy atom. The van der Waals surface area contributed by atoms with Crippen molar-refractivity contribution in [2.75, 3.05) is 19.9 Å². The fourth-order valence-electron chi connectivity index (χ4n) is 4.78. The molecule has 6 nitrogen and oxygen atoms in total. The van der Waals surface area contributed by atoms with Crippen molar-refractivity contribution in [1.82, 2.24) is 15.5 Å². The van der Waals surface area contributed by atoms with Gasteiger partial charge in [-0.2, -0.15) is 0 Å². The van der Waals surface area contributed by atoms with E-state index in [2.05, 4.69) is 15.5 Å². The molecule has 0 aromatic heterocycles. The summed E-state index contributed by atoms with van der Waals surface area (Å²) in [7, 11) is 0. The lowest BCUT2D eigenvalue weighted by atomic mass is 10.1. The van der Waals surface area contributed by atoms with Crippen molar-refractivity contribution in [3.8, 4) is 11.5 Å². The van der Waals surface area contributed by atoms with Crippen LogP contribution < -0.4 is 20.1 Å². The van der Waals surface area contributed by atoms with Crippen molar-refractivity contribution < 1.29 is 23.0 Å². The summed E-state index contributed by atoms with van der Waals surface area (Å²) in [5.74, 6) is 0.284. The average Bonchev–Trinajstić information content (AvgIpc) is 3.51. The molecule has 0 radical (unpaired) electrons. The van der Waals surface area contributed by atoms with Gasteiger partial charge in [-0.05, 0) is 42.2 Å². The molecule has 3 aromatic carbocycles. The number of likely N-dealkylation sites (tertiary alicyclic amines) is 1. The SMILES string of the molecule is O=C(NCCc1ccc2c(c1)OCO2)[C@@H]1C[C@H](NCc2ccc(F)cc2F)CN1Cc1ccccc1. The van der Waals surface area contributed by atoms with Gasteiger partial charge >= 0.3 is 0 Å². The van der Waals surface area contributed by atoms with Gasteiger partial charge in [0.1, 0.15) is 11.6 Å². The molecule has 3 aromatic rings. The lowest BCUT2D eigenvalue weighted by Gasteiger charge is -2.23. The summed E-state index contributed by atoms with van der Waals surface area (Å²) in [6.45, 7) is 2.31. The van der Waals surface area contributed by atoms with Crippen LogP contribution in [0.15, 0.2) is 66.7 Å². The lowest BCUT2D eigenvalue weighted by Crippen LogP contribution is -2.43. The molecule has 188 valence electrons. The monoisotopic (exact) mass is 493 g/mol. The molecule has 1 amide bonds. The smallest absolute Gasteiger partial charge is 0.237 e. The van der Waals surface area contributed by atoms with Gasteiger partial charge in [-0.15, -0.1) is 0 Å². The van der Waals surface area contributed by atoms with Crippen LogP contribution >= 0.6 is 0 Å². The fourth-order valence-corrected chi connectivity index (χ4v) is 4.78. The van der Waals surface area contributed by atoms with E-state index in [-0.39, 0.29) is 31.3 Å². The van der Waals surface area contributed by atoms with Gasteiger partial charge in [-0.25, -0.2) is 8.78 Å². The summed E-state index contributed by atoms with van der Waals surface area (Å²) in [4.78, 5) is 15.4. The predicted octanol–water partition coefficient (Wildman–Crippen LogP) is 3.79. The zero-order chi connectivity index (χ0) is 24.9. The molecule has 5 rings (SSSR count). The minimum atomic E-state index is -0.594. The molecule has 2 aliphatic rings. The number of hydrogen-bond acceptors (Lipinski definition) is 5. The second-order valence-corrected chi connectivity index (χ2v) is 9.21. The quantitative estimate of drug-likeness (QED) is 0.475. The maximum atomic E-state index is 14.1. The second-order valence-electron chi connectivity index (χ2n) is 9.21. The highest BCUT2D eigenvalue weighted by atomic mass is 19.1. The molecule has 2 atom stereocenters. The van der Waals surface area contributed by atoms with E-state index in [0.717, 1.165) is 28.7 Å². The van der Waals surface area contributed by atoms with Crippen LogP contribution in [0.1, 0.15) is 23.1 Å². The molecule has 2 N–H and O–H groups in total. The predicted molar refractivity (Wildman–Crippen MR) is 132 cm³/mol. The van der Waals surface area contributed by atoms with E-state index in [0.29, 0.717) is 38.0 Å². The minimum absolute atomic E-state index is 0.00257. The fraction of sp³-hybridized carbons (Fsp3) is 0.321. The van der Waals surface area contributed by atoms with E-state index in [1.807, 2.05) is 48.5 Å². The third-order valence-electron chi connectivity index (χ3n) is 6.68. The summed E-state index contributed by atoms with van der Waals surface area (Å²) in [6, 6.07) is 19.1. The van der Waals surface area contributed by atoms with Crippen molar-refractivity contribution in [2.45, 2.75) is 38.0 Å². The van der Waals surface area contributed by atoms with Gasteiger partial charge in [0.2, 0.25) is 12.7 Å². The Kier molecular flexibility index (Phi) is 7.44. The van der Waals surface area contributed by atoms with Crippen molar-refractivity contribution in [3.05, 3.63) is 95.1 Å². The van der Waals surface area contributed by atoms with Crippen molar-refractivity contribution in [1.29, 1.82) is 0 Å². The summed E-state index contributed by atoms with van der Waals surface area (Å²) < 4.78 is 38.1. The number of carbonyl (C=O) groups excluding carboxylic acids is 1. The first-order chi connectivity index (χ1) is 17.5. The van der Waals surface area contributed by atoms with Gasteiger partial charge < -0.3 is 20.1 Å². The molecule has 0 unspecified atom stereocenters. The Bertz CT molecular complexity index is 1210. The Labute approximate surface area is 209 Å². The van der Waals surface area contributed by atoms with E-state index >= 15 is 0 Å². The van der Waals surface area contributed by atoms with Crippen LogP contribution in [0.3, 0.4) is 0 Å². The average molecular weight is 494 g/mol. The highest BCUT2D eigenvalue weighted by molar-refractivity contribution is 5.82. The van der Waals surface area contributed by atoms with Gasteiger partial charge in [0.25, 0.3) is 0 Å². The molecule has 8 heteroatoms. The van der Waals surface area contributed by atoms with E-state index in [9.17, 15) is 13.6 Å². The van der Waals surface area contributed by atoms with Gasteiger partial charge in [0.05, 0.1) is 6.04 Å². The molecule has 1 fully saturated rings. The third-order valence-corrected chi connectivity index (χ3v) is 6.68. The van der Waals surface area contributed by atoms with E-state index in [1.54, 1.807) is 0 Å². The van der Waals surface area contributed by atoms with E-state index in [1.165, 1.54) is 12.1 Å². The number of nitrogens with zero attached hydrogens (tertiary/aromatic N) is 1. The Morgan fingerprint density at radius 2 is 1.81 bits per heavy atom. The lowest BCUT2D eigenvalue weighted by molar-refractivity contribution is -0.125. The van der Waals surface area contributed by atoms with Crippen LogP contribution in [-0.4, -0.2) is 42.8 Å². The normalized spacial score (nSPS) is 18.9. The molecule has 36 heavy (non-hydrogen) atoms. The first-order valence-corrected chi connectivity index (χ1v) is 12.2. The maximum Gasteiger partial charge on any atom is 0.237 e. The molecule has 0 bridgehead atoms. The van der Waals surface area contributed by atoms with Crippen LogP contribution in [-0.2, 0) is 24.3 Å². The number of hydrogen-bond donors (Lipinski definition) is 2. The zero-order valence-corrected chi connectivity index (χ0v) is 19.9. The Hall–Kier alpha value is -3.49. The van der Waals surface area contributed by atoms with Crippen molar-refractivity contribution in [2.24, 2.45) is 0 Å². The molecular formula is C28H29F2N3O3.